The molecule has 0 aliphatic carbocycles. The van der Waals surface area contributed by atoms with Gasteiger partial charge >= 0.3 is 5.97 Å². The van der Waals surface area contributed by atoms with Crippen molar-refractivity contribution in [2.45, 2.75) is 45.3 Å². The lowest BCUT2D eigenvalue weighted by Crippen LogP contribution is -2.42. The Kier molecular flexibility index (Phi) is 4.97. The Morgan fingerprint density at radius 1 is 1.37 bits per heavy atom. The van der Waals surface area contributed by atoms with Gasteiger partial charge in [-0.2, -0.15) is 0 Å². The summed E-state index contributed by atoms with van der Waals surface area (Å²) < 4.78 is 5.51. The first-order valence-electron chi connectivity index (χ1n) is 7.17. The minimum absolute atomic E-state index is 0.0618. The van der Waals surface area contributed by atoms with Crippen molar-refractivity contribution < 1.29 is 9.53 Å². The Morgan fingerprint density at radius 2 is 2.11 bits per heavy atom. The molecule has 0 aromatic heterocycles. The number of nitrogens with zero attached hydrogens (tertiary/aromatic N) is 1. The number of benzene rings is 1. The Balaban J connectivity index is 1.84. The molecule has 0 amide bonds. The maximum atomic E-state index is 11.9. The second-order valence-corrected chi connectivity index (χ2v) is 5.42. The van der Waals surface area contributed by atoms with Crippen LogP contribution in [0.5, 0.6) is 0 Å². The maximum absolute atomic E-state index is 11.9. The lowest BCUT2D eigenvalue weighted by Gasteiger charge is -2.34. The molecule has 2 unspecified atom stereocenters. The fourth-order valence-electron chi connectivity index (χ4n) is 2.62. The fraction of sp³-hybridized carbons (Fsp3) is 0.562. The van der Waals surface area contributed by atoms with Crippen LogP contribution in [0.2, 0.25) is 0 Å². The van der Waals surface area contributed by atoms with E-state index in [1.165, 1.54) is 19.3 Å². The van der Waals surface area contributed by atoms with Crippen LogP contribution in [0.3, 0.4) is 0 Å². The third-order valence-electron chi connectivity index (χ3n) is 3.75. The van der Waals surface area contributed by atoms with Crippen molar-refractivity contribution in [1.29, 1.82) is 0 Å². The van der Waals surface area contributed by atoms with Crippen molar-refractivity contribution >= 4 is 5.97 Å². The number of esters is 1. The van der Waals surface area contributed by atoms with E-state index in [2.05, 4.69) is 11.8 Å². The van der Waals surface area contributed by atoms with E-state index in [0.29, 0.717) is 11.6 Å². The fourth-order valence-corrected chi connectivity index (χ4v) is 2.62. The van der Waals surface area contributed by atoms with Crippen LogP contribution in [0.4, 0.5) is 0 Å². The number of rotatable bonds is 4. The smallest absolute Gasteiger partial charge is 0.338 e. The third kappa shape index (κ3) is 4.06. The molecule has 3 nitrogen and oxygen atoms in total. The monoisotopic (exact) mass is 261 g/mol. The summed E-state index contributed by atoms with van der Waals surface area (Å²) in [4.78, 5) is 14.4. The highest BCUT2D eigenvalue weighted by atomic mass is 16.5. The van der Waals surface area contributed by atoms with Crippen LogP contribution in [-0.4, -0.2) is 36.1 Å². The molecule has 1 aromatic rings. The van der Waals surface area contributed by atoms with Gasteiger partial charge in [-0.05, 0) is 45.4 Å². The lowest BCUT2D eigenvalue weighted by molar-refractivity contribution is 0.0179. The minimum Gasteiger partial charge on any atom is -0.458 e. The molecule has 1 aliphatic heterocycles. The highest BCUT2D eigenvalue weighted by molar-refractivity contribution is 5.89. The first kappa shape index (κ1) is 14.1. The predicted molar refractivity (Wildman–Crippen MR) is 76.2 cm³/mol. The van der Waals surface area contributed by atoms with E-state index in [4.69, 9.17) is 4.74 Å². The number of likely N-dealkylation sites (tertiary alicyclic amines) is 1. The zero-order valence-corrected chi connectivity index (χ0v) is 11.8. The molecule has 1 fully saturated rings. The molecule has 1 aromatic carbocycles. The third-order valence-corrected chi connectivity index (χ3v) is 3.75. The molecule has 2 rings (SSSR count). The molecule has 0 bridgehead atoms. The predicted octanol–water partition coefficient (Wildman–Crippen LogP) is 3.11. The zero-order valence-electron chi connectivity index (χ0n) is 11.8. The summed E-state index contributed by atoms with van der Waals surface area (Å²) in [5, 5.41) is 0. The Bertz CT molecular complexity index is 404. The topological polar surface area (TPSA) is 29.5 Å². The summed E-state index contributed by atoms with van der Waals surface area (Å²) in [6.07, 6.45) is 3.76. The molecule has 3 heteroatoms. The molecule has 1 saturated heterocycles. The standard InChI is InChI=1S/C16H23NO2/c1-13-8-6-7-11-17(13)12-14(2)19-16(18)15-9-4-3-5-10-15/h3-5,9-10,13-14H,6-8,11-12H2,1-2H3. The van der Waals surface area contributed by atoms with E-state index < -0.39 is 0 Å². The summed E-state index contributed by atoms with van der Waals surface area (Å²) in [5.41, 5.74) is 0.626. The van der Waals surface area contributed by atoms with E-state index >= 15 is 0 Å². The normalized spacial score (nSPS) is 21.9. The highest BCUT2D eigenvalue weighted by Crippen LogP contribution is 2.17. The second kappa shape index (κ2) is 6.71. The van der Waals surface area contributed by atoms with Gasteiger partial charge in [0.1, 0.15) is 6.10 Å². The molecule has 0 saturated carbocycles. The molecule has 1 heterocycles. The summed E-state index contributed by atoms with van der Waals surface area (Å²) in [6.45, 7) is 6.18. The van der Waals surface area contributed by atoms with E-state index in [9.17, 15) is 4.79 Å². The second-order valence-electron chi connectivity index (χ2n) is 5.42. The van der Waals surface area contributed by atoms with E-state index in [1.54, 1.807) is 12.1 Å². The van der Waals surface area contributed by atoms with Gasteiger partial charge in [-0.1, -0.05) is 24.6 Å². The largest absolute Gasteiger partial charge is 0.458 e. The van der Waals surface area contributed by atoms with Crippen LogP contribution < -0.4 is 0 Å². The Labute approximate surface area is 115 Å². The van der Waals surface area contributed by atoms with Gasteiger partial charge in [-0.15, -0.1) is 0 Å². The summed E-state index contributed by atoms with van der Waals surface area (Å²) >= 11 is 0. The van der Waals surface area contributed by atoms with Gasteiger partial charge in [-0.3, -0.25) is 4.90 Å². The summed E-state index contributed by atoms with van der Waals surface area (Å²) in [6, 6.07) is 9.79. The number of hydrogen-bond acceptors (Lipinski definition) is 3. The van der Waals surface area contributed by atoms with Gasteiger partial charge in [0.05, 0.1) is 5.56 Å². The van der Waals surface area contributed by atoms with Crippen LogP contribution in [0.15, 0.2) is 30.3 Å². The quantitative estimate of drug-likeness (QED) is 0.780. The van der Waals surface area contributed by atoms with Crippen LogP contribution in [0, 0.1) is 0 Å². The van der Waals surface area contributed by atoms with Crippen molar-refractivity contribution in [2.24, 2.45) is 0 Å². The van der Waals surface area contributed by atoms with E-state index in [1.807, 2.05) is 25.1 Å². The van der Waals surface area contributed by atoms with Gasteiger partial charge in [0.25, 0.3) is 0 Å². The summed E-state index contributed by atoms with van der Waals surface area (Å²) in [7, 11) is 0. The number of hydrogen-bond donors (Lipinski definition) is 0. The molecule has 104 valence electrons. The maximum Gasteiger partial charge on any atom is 0.338 e. The van der Waals surface area contributed by atoms with Crippen molar-refractivity contribution in [3.05, 3.63) is 35.9 Å². The van der Waals surface area contributed by atoms with Crippen LogP contribution >= 0.6 is 0 Å². The Morgan fingerprint density at radius 3 is 2.79 bits per heavy atom. The molecule has 19 heavy (non-hydrogen) atoms. The van der Waals surface area contributed by atoms with Crippen molar-refractivity contribution in [1.82, 2.24) is 4.90 Å². The minimum atomic E-state index is -0.224. The number of carbonyl (C=O) groups is 1. The first-order valence-corrected chi connectivity index (χ1v) is 7.17. The van der Waals surface area contributed by atoms with Gasteiger partial charge in [0, 0.05) is 12.6 Å². The van der Waals surface area contributed by atoms with Crippen molar-refractivity contribution in [3.63, 3.8) is 0 Å². The number of piperidine rings is 1. The van der Waals surface area contributed by atoms with Gasteiger partial charge < -0.3 is 4.74 Å². The average Bonchev–Trinajstić information content (AvgIpc) is 2.42. The summed E-state index contributed by atoms with van der Waals surface area (Å²) in [5.74, 6) is -0.224. The highest BCUT2D eigenvalue weighted by Gasteiger charge is 2.21. The van der Waals surface area contributed by atoms with E-state index in [-0.39, 0.29) is 12.1 Å². The van der Waals surface area contributed by atoms with Gasteiger partial charge in [0.15, 0.2) is 0 Å². The average molecular weight is 261 g/mol. The van der Waals surface area contributed by atoms with Gasteiger partial charge in [-0.25, -0.2) is 4.79 Å². The van der Waals surface area contributed by atoms with Crippen LogP contribution in [-0.2, 0) is 4.74 Å². The van der Waals surface area contributed by atoms with Crippen molar-refractivity contribution in [3.8, 4) is 0 Å². The van der Waals surface area contributed by atoms with Crippen LogP contribution in [0.1, 0.15) is 43.5 Å². The lowest BCUT2D eigenvalue weighted by atomic mass is 10.0. The molecule has 0 spiro atoms. The molecular weight excluding hydrogens is 238 g/mol. The first-order chi connectivity index (χ1) is 9.16. The Hall–Kier alpha value is -1.35. The molecule has 0 radical (unpaired) electrons. The molecule has 0 N–H and O–H groups in total. The number of ether oxygens (including phenoxy) is 1. The number of carbonyl (C=O) groups excluding carboxylic acids is 1. The molecule has 2 atom stereocenters. The van der Waals surface area contributed by atoms with E-state index in [0.717, 1.165) is 13.1 Å². The molecular formula is C16H23NO2. The SMILES string of the molecule is CC(CN1CCCCC1C)OC(=O)c1ccccc1. The molecule has 1 aliphatic rings. The zero-order chi connectivity index (χ0) is 13.7. The van der Waals surface area contributed by atoms with Gasteiger partial charge in [0.2, 0.25) is 0 Å². The van der Waals surface area contributed by atoms with Crippen LogP contribution in [0.25, 0.3) is 0 Å². The van der Waals surface area contributed by atoms with Crippen molar-refractivity contribution in [2.75, 3.05) is 13.1 Å².